The molecule has 3 aliphatic heterocycles. The molecule has 3 saturated heterocycles. The fourth-order valence-electron chi connectivity index (χ4n) is 5.32. The monoisotopic (exact) mass is 668 g/mol. The van der Waals surface area contributed by atoms with Crippen molar-refractivity contribution < 1.29 is 51.8 Å². The van der Waals surface area contributed by atoms with Gasteiger partial charge >= 0.3 is 7.82 Å². The first-order valence-electron chi connectivity index (χ1n) is 13.0. The molecule has 4 aromatic rings. The van der Waals surface area contributed by atoms with E-state index < -0.39 is 83.1 Å². The van der Waals surface area contributed by atoms with Gasteiger partial charge in [-0.25, -0.2) is 24.5 Å². The van der Waals surface area contributed by atoms with Crippen LogP contribution in [0.25, 0.3) is 22.3 Å². The largest absolute Gasteiger partial charge is 0.472 e. The Balaban J connectivity index is 1.21. The zero-order valence-electron chi connectivity index (χ0n) is 22.5. The van der Waals surface area contributed by atoms with Crippen molar-refractivity contribution in [1.29, 1.82) is 0 Å². The third kappa shape index (κ3) is 5.34. The van der Waals surface area contributed by atoms with Crippen LogP contribution < -0.4 is 17.0 Å². The van der Waals surface area contributed by atoms with Crippen molar-refractivity contribution in [2.24, 2.45) is 0 Å². The molecule has 239 valence electrons. The number of nitrogens with two attached hydrogens (primary N) is 2. The smallest absolute Gasteiger partial charge is 0.444 e. The minimum atomic E-state index is -5.03. The number of hydrogen-bond acceptors (Lipinski definition) is 18. The second kappa shape index (κ2) is 10.9. The van der Waals surface area contributed by atoms with Crippen molar-refractivity contribution in [3.63, 3.8) is 0 Å². The summed E-state index contributed by atoms with van der Waals surface area (Å²) in [6.07, 6.45) is -8.57. The second-order valence-corrected chi connectivity index (χ2v) is 13.2. The fraction of sp³-hybridized carbons (Fsp3) is 0.500. The number of anilines is 2. The Labute approximate surface area is 251 Å². The molecule has 0 saturated carbocycles. The molecule has 0 aliphatic carbocycles. The van der Waals surface area contributed by atoms with E-state index in [1.54, 1.807) is 0 Å². The van der Waals surface area contributed by atoms with Crippen LogP contribution in [-0.2, 0) is 36.7 Å². The number of ether oxygens (including phenoxy) is 2. The van der Waals surface area contributed by atoms with Crippen LogP contribution in [0.1, 0.15) is 12.5 Å². The third-order valence-corrected chi connectivity index (χ3v) is 9.38. The number of nitrogens with zero attached hydrogens (tertiary/aromatic N) is 7. The van der Waals surface area contributed by atoms with E-state index in [-0.39, 0.29) is 34.1 Å². The lowest BCUT2D eigenvalue weighted by Crippen LogP contribution is -2.36. The first-order valence-corrected chi connectivity index (χ1v) is 16.1. The van der Waals surface area contributed by atoms with E-state index in [4.69, 9.17) is 46.6 Å². The summed E-state index contributed by atoms with van der Waals surface area (Å²) in [5, 5.41) is 22.2. The maximum absolute atomic E-state index is 13.4. The van der Waals surface area contributed by atoms with Crippen LogP contribution in [-0.4, -0.2) is 112 Å². The van der Waals surface area contributed by atoms with E-state index >= 15 is 0 Å². The van der Waals surface area contributed by atoms with Gasteiger partial charge in [-0.1, -0.05) is 0 Å². The van der Waals surface area contributed by atoms with Gasteiger partial charge in [-0.3, -0.25) is 28.0 Å². The predicted molar refractivity (Wildman–Crippen MR) is 147 cm³/mol. The molecule has 3 aliphatic rings. The molecule has 4 unspecified atom stereocenters. The topological polar surface area (TPSA) is 309 Å². The molecule has 2 bridgehead atoms. The highest BCUT2D eigenvalue weighted by atomic mass is 31.2. The Morgan fingerprint density at radius 2 is 1.58 bits per heavy atom. The van der Waals surface area contributed by atoms with E-state index in [1.807, 2.05) is 0 Å². The van der Waals surface area contributed by atoms with Crippen LogP contribution in [0.2, 0.25) is 0 Å². The van der Waals surface area contributed by atoms with Gasteiger partial charge in [-0.15, -0.1) is 0 Å². The molecular formula is C20H23BN10O12P2-. The van der Waals surface area contributed by atoms with Crippen molar-refractivity contribution >= 4 is 57.0 Å². The first-order chi connectivity index (χ1) is 21.3. The highest BCUT2D eigenvalue weighted by Crippen LogP contribution is 2.53. The number of hydrogen-bond donors (Lipinski definition) is 6. The number of rotatable bonds is 2. The molecular weight excluding hydrogens is 645 g/mol. The molecule has 7 rings (SSSR count). The number of aromatic amines is 1. The fourth-order valence-corrected chi connectivity index (χ4v) is 7.27. The summed E-state index contributed by atoms with van der Waals surface area (Å²) in [6, 6.07) is 0. The van der Waals surface area contributed by atoms with Gasteiger partial charge in [0.25, 0.3) is 5.56 Å². The van der Waals surface area contributed by atoms with Crippen LogP contribution in [0.5, 0.6) is 0 Å². The number of phosphoric acid groups is 1. The molecule has 0 aromatic carbocycles. The number of nitrogen functional groups attached to an aromatic ring is 2. The maximum Gasteiger partial charge on any atom is 0.472 e. The molecule has 8 N–H and O–H groups in total. The Kier molecular flexibility index (Phi) is 7.34. The summed E-state index contributed by atoms with van der Waals surface area (Å²) in [7, 11) is -3.75. The Morgan fingerprint density at radius 3 is 2.36 bits per heavy atom. The zero-order chi connectivity index (χ0) is 31.8. The van der Waals surface area contributed by atoms with Gasteiger partial charge in [0, 0.05) is 0 Å². The van der Waals surface area contributed by atoms with Crippen molar-refractivity contribution in [2.75, 3.05) is 24.7 Å². The minimum Gasteiger partial charge on any atom is -0.444 e. The van der Waals surface area contributed by atoms with Crippen LogP contribution in [0.15, 0.2) is 23.8 Å². The van der Waals surface area contributed by atoms with Gasteiger partial charge in [0.1, 0.15) is 48.5 Å². The van der Waals surface area contributed by atoms with E-state index in [2.05, 4.69) is 29.9 Å². The number of aromatic nitrogens is 8. The number of imidazole rings is 2. The number of aliphatic hydroxyl groups is 2. The van der Waals surface area contributed by atoms with E-state index in [0.29, 0.717) is 0 Å². The van der Waals surface area contributed by atoms with E-state index in [1.165, 1.54) is 15.5 Å². The van der Waals surface area contributed by atoms with Crippen molar-refractivity contribution in [2.45, 2.75) is 49.1 Å². The number of phosphoric ester groups is 1. The van der Waals surface area contributed by atoms with Gasteiger partial charge in [-0.05, 0) is 0 Å². The molecule has 45 heavy (non-hydrogen) atoms. The molecule has 22 nitrogen and oxygen atoms in total. The Hall–Kier alpha value is -3.34. The summed E-state index contributed by atoms with van der Waals surface area (Å²) < 4.78 is 62.0. The summed E-state index contributed by atoms with van der Waals surface area (Å²) in [5.74, 6) is -0.209. The molecule has 10 atom stereocenters. The van der Waals surface area contributed by atoms with Crippen LogP contribution in [0.3, 0.4) is 0 Å². The lowest BCUT2D eigenvalue weighted by molar-refractivity contribution is -0.0621. The normalized spacial score (nSPS) is 37.7. The first kappa shape index (κ1) is 30.3. The summed E-state index contributed by atoms with van der Waals surface area (Å²) >= 11 is 0. The van der Waals surface area contributed by atoms with Crippen LogP contribution in [0.4, 0.5) is 11.8 Å². The van der Waals surface area contributed by atoms with Gasteiger partial charge in [0.2, 0.25) is 5.95 Å². The molecule has 4 aromatic heterocycles. The van der Waals surface area contributed by atoms with E-state index in [9.17, 15) is 29.0 Å². The quantitative estimate of drug-likeness (QED) is 0.0978. The van der Waals surface area contributed by atoms with Gasteiger partial charge in [-0.2, -0.15) is 4.98 Å². The van der Waals surface area contributed by atoms with Gasteiger partial charge in [0.05, 0.1) is 33.3 Å². The Bertz CT molecular complexity index is 1940. The SMILES string of the molecule is [B-]P1(=O)OC[C@H]2O[C@@H](n3cnc4c(N)ncnc43)[C@@H](O)C2OP(=O)(O)OC[C@H]2O[C@@H](n3cnc4c(=O)[nH]c(N)nc43)C(O1)[C@H]2O. The van der Waals surface area contributed by atoms with Crippen molar-refractivity contribution in [3.05, 3.63) is 29.3 Å². The van der Waals surface area contributed by atoms with Crippen molar-refractivity contribution in [3.8, 4) is 0 Å². The highest BCUT2D eigenvalue weighted by Gasteiger charge is 2.52. The standard InChI is InChI=1S/C20H23BN10O12P2/c21-44(35)38-2-7-12(11(33)18(41-7)30-4-26-8-14(22)24-3-25-15(8)30)43-45(36,37)39-1-6-10(32)13(42-44)19(40-6)31-5-27-9-16(31)28-20(23)29-17(9)34/h3-7,10-13,18-19,32-33H,1-2H2,(H,36,37)(H2,22,24,25)(H3,23,28,29,34)/q-1/t6-,7-,10+,11+,12?,13?,18-,19-,44?/m1/s1. The molecule has 3 radical (unpaired) electrons. The number of fused-ring (bicyclic) bond motifs is 5. The molecule has 0 amide bonds. The second-order valence-electron chi connectivity index (χ2n) is 10.2. The Morgan fingerprint density at radius 1 is 0.889 bits per heavy atom. The average molecular weight is 668 g/mol. The maximum atomic E-state index is 13.4. The minimum absolute atomic E-state index is 0.0509. The molecule has 7 heterocycles. The third-order valence-electron chi connectivity index (χ3n) is 7.35. The zero-order valence-corrected chi connectivity index (χ0v) is 24.3. The summed E-state index contributed by atoms with van der Waals surface area (Å²) in [6.45, 7) is -1.49. The predicted octanol–water partition coefficient (Wildman–Crippen LogP) is -2.17. The lowest BCUT2D eigenvalue weighted by Gasteiger charge is -2.34. The highest BCUT2D eigenvalue weighted by molar-refractivity contribution is 7.79. The number of H-pyrrole nitrogens is 1. The van der Waals surface area contributed by atoms with Crippen molar-refractivity contribution in [1.82, 2.24) is 39.0 Å². The summed E-state index contributed by atoms with van der Waals surface area (Å²) in [5.41, 5.74) is 11.0. The van der Waals surface area contributed by atoms with Gasteiger partial charge < -0.3 is 57.2 Å². The molecule has 25 heteroatoms. The number of aliphatic hydroxyl groups excluding tert-OH is 2. The van der Waals surface area contributed by atoms with E-state index in [0.717, 1.165) is 12.7 Å². The lowest BCUT2D eigenvalue weighted by atomic mass is 10.1. The molecule has 3 fully saturated rings. The van der Waals surface area contributed by atoms with Crippen LogP contribution >= 0.6 is 15.3 Å². The molecule has 0 spiro atoms. The number of nitrogens with one attached hydrogen (secondary N) is 1. The average Bonchev–Trinajstić information content (AvgIpc) is 3.72. The summed E-state index contributed by atoms with van der Waals surface area (Å²) in [4.78, 5) is 45.3. The van der Waals surface area contributed by atoms with Gasteiger partial charge in [0.15, 0.2) is 35.1 Å². The van der Waals surface area contributed by atoms with Crippen LogP contribution in [0, 0.1) is 0 Å².